The predicted octanol–water partition coefficient (Wildman–Crippen LogP) is 2.33. The van der Waals surface area contributed by atoms with E-state index >= 15 is 0 Å². The van der Waals surface area contributed by atoms with E-state index in [9.17, 15) is 0 Å². The molecule has 0 bridgehead atoms. The molecule has 0 amide bonds. The Hall–Kier alpha value is -1.39. The molecule has 1 unspecified atom stereocenters. The van der Waals surface area contributed by atoms with Crippen molar-refractivity contribution in [1.82, 2.24) is 14.8 Å². The van der Waals surface area contributed by atoms with E-state index in [1.165, 1.54) is 0 Å². The molecule has 0 saturated heterocycles. The average molecular weight is 265 g/mol. The summed E-state index contributed by atoms with van der Waals surface area (Å²) in [6, 6.07) is 1.94. The van der Waals surface area contributed by atoms with E-state index in [1.54, 1.807) is 10.9 Å². The minimum atomic E-state index is -0.113. The lowest BCUT2D eigenvalue weighted by atomic mass is 10.0. The van der Waals surface area contributed by atoms with Gasteiger partial charge in [-0.15, -0.1) is 0 Å². The Bertz CT molecular complexity index is 562. The molecule has 0 aromatic carbocycles. The predicted molar refractivity (Wildman–Crippen MR) is 72.6 cm³/mol. The maximum Gasteiger partial charge on any atom is 0.130 e. The van der Waals surface area contributed by atoms with Gasteiger partial charge in [0.1, 0.15) is 5.15 Å². The fourth-order valence-corrected chi connectivity index (χ4v) is 2.28. The lowest BCUT2D eigenvalue weighted by Gasteiger charge is -2.12. The minimum Gasteiger partial charge on any atom is -0.324 e. The van der Waals surface area contributed by atoms with Crippen molar-refractivity contribution in [2.24, 2.45) is 12.8 Å². The maximum absolute atomic E-state index is 6.21. The molecule has 96 valence electrons. The Balaban J connectivity index is 2.24. The Morgan fingerprint density at radius 1 is 1.39 bits per heavy atom. The standard InChI is InChI=1S/C13H17ClN4/c1-8-4-10(7-16-6-8)12(15)5-11-9(2)17-18(3)13(11)14/h4,6-7,12H,5,15H2,1-3H3. The lowest BCUT2D eigenvalue weighted by Crippen LogP contribution is -2.14. The van der Waals surface area contributed by atoms with Gasteiger partial charge in [0.25, 0.3) is 0 Å². The van der Waals surface area contributed by atoms with Crippen LogP contribution >= 0.6 is 11.6 Å². The summed E-state index contributed by atoms with van der Waals surface area (Å²) in [6.07, 6.45) is 4.29. The number of nitrogens with zero attached hydrogens (tertiary/aromatic N) is 3. The molecule has 0 fully saturated rings. The first kappa shape index (κ1) is 13.1. The van der Waals surface area contributed by atoms with Gasteiger partial charge in [-0.05, 0) is 31.4 Å². The second kappa shape index (κ2) is 5.08. The SMILES string of the molecule is Cc1cncc(C(N)Cc2c(C)nn(C)c2Cl)c1. The number of pyridine rings is 1. The Kier molecular flexibility index (Phi) is 3.68. The van der Waals surface area contributed by atoms with Crippen molar-refractivity contribution in [2.45, 2.75) is 26.3 Å². The van der Waals surface area contributed by atoms with Crippen molar-refractivity contribution in [3.05, 3.63) is 46.0 Å². The van der Waals surface area contributed by atoms with Crippen LogP contribution in [0, 0.1) is 13.8 Å². The normalized spacial score (nSPS) is 12.7. The van der Waals surface area contributed by atoms with Gasteiger partial charge in [-0.25, -0.2) is 0 Å². The second-order valence-corrected chi connectivity index (χ2v) is 4.94. The number of halogens is 1. The number of rotatable bonds is 3. The number of nitrogens with two attached hydrogens (primary N) is 1. The topological polar surface area (TPSA) is 56.7 Å². The van der Waals surface area contributed by atoms with Gasteiger partial charge in [0.2, 0.25) is 0 Å². The van der Waals surface area contributed by atoms with Gasteiger partial charge in [-0.3, -0.25) is 9.67 Å². The molecule has 1 atom stereocenters. The van der Waals surface area contributed by atoms with E-state index in [4.69, 9.17) is 17.3 Å². The van der Waals surface area contributed by atoms with Gasteiger partial charge < -0.3 is 5.73 Å². The van der Waals surface area contributed by atoms with Crippen LogP contribution in [0.4, 0.5) is 0 Å². The molecular formula is C13H17ClN4. The highest BCUT2D eigenvalue weighted by Gasteiger charge is 2.16. The van der Waals surface area contributed by atoms with Crippen molar-refractivity contribution >= 4 is 11.6 Å². The minimum absolute atomic E-state index is 0.113. The number of hydrogen-bond acceptors (Lipinski definition) is 3. The molecule has 0 spiro atoms. The molecule has 0 aliphatic rings. The van der Waals surface area contributed by atoms with Crippen LogP contribution in [-0.2, 0) is 13.5 Å². The zero-order valence-corrected chi connectivity index (χ0v) is 11.6. The van der Waals surface area contributed by atoms with Crippen LogP contribution in [0.2, 0.25) is 5.15 Å². The van der Waals surface area contributed by atoms with Crippen LogP contribution in [-0.4, -0.2) is 14.8 Å². The number of aryl methyl sites for hydroxylation is 3. The molecule has 18 heavy (non-hydrogen) atoms. The lowest BCUT2D eigenvalue weighted by molar-refractivity contribution is 0.713. The molecule has 0 aliphatic heterocycles. The molecule has 2 heterocycles. The van der Waals surface area contributed by atoms with Gasteiger partial charge in [-0.2, -0.15) is 5.10 Å². The molecule has 0 radical (unpaired) electrons. The van der Waals surface area contributed by atoms with E-state index in [1.807, 2.05) is 27.1 Å². The van der Waals surface area contributed by atoms with Gasteiger partial charge in [-0.1, -0.05) is 17.7 Å². The van der Waals surface area contributed by atoms with Gasteiger partial charge in [0, 0.05) is 31.0 Å². The first-order chi connectivity index (χ1) is 8.49. The first-order valence-electron chi connectivity index (χ1n) is 5.84. The van der Waals surface area contributed by atoms with Crippen LogP contribution in [0.3, 0.4) is 0 Å². The third kappa shape index (κ3) is 2.54. The molecule has 5 heteroatoms. The highest BCUT2D eigenvalue weighted by atomic mass is 35.5. The monoisotopic (exact) mass is 264 g/mol. The summed E-state index contributed by atoms with van der Waals surface area (Å²) in [5.74, 6) is 0. The average Bonchev–Trinajstić information content (AvgIpc) is 2.56. The fraction of sp³-hybridized carbons (Fsp3) is 0.385. The largest absolute Gasteiger partial charge is 0.324 e. The Morgan fingerprint density at radius 3 is 2.67 bits per heavy atom. The molecule has 2 aromatic heterocycles. The van der Waals surface area contributed by atoms with Crippen LogP contribution in [0.15, 0.2) is 18.5 Å². The van der Waals surface area contributed by atoms with E-state index in [0.29, 0.717) is 11.6 Å². The molecule has 2 N–H and O–H groups in total. The van der Waals surface area contributed by atoms with E-state index in [-0.39, 0.29) is 6.04 Å². The zero-order valence-electron chi connectivity index (χ0n) is 10.8. The fourth-order valence-electron chi connectivity index (χ4n) is 2.02. The number of aromatic nitrogens is 3. The third-order valence-corrected chi connectivity index (χ3v) is 3.49. The van der Waals surface area contributed by atoms with Crippen molar-refractivity contribution < 1.29 is 0 Å². The van der Waals surface area contributed by atoms with Crippen LogP contribution in [0.5, 0.6) is 0 Å². The van der Waals surface area contributed by atoms with Crippen molar-refractivity contribution in [3.8, 4) is 0 Å². The summed E-state index contributed by atoms with van der Waals surface area (Å²) < 4.78 is 1.67. The molecule has 4 nitrogen and oxygen atoms in total. The van der Waals surface area contributed by atoms with Crippen molar-refractivity contribution in [2.75, 3.05) is 0 Å². The van der Waals surface area contributed by atoms with E-state index in [0.717, 1.165) is 22.4 Å². The Morgan fingerprint density at radius 2 is 2.11 bits per heavy atom. The summed E-state index contributed by atoms with van der Waals surface area (Å²) in [6.45, 7) is 3.95. The van der Waals surface area contributed by atoms with E-state index in [2.05, 4.69) is 16.1 Å². The quantitative estimate of drug-likeness (QED) is 0.926. The molecule has 2 aromatic rings. The highest BCUT2D eigenvalue weighted by molar-refractivity contribution is 6.30. The van der Waals surface area contributed by atoms with Crippen molar-refractivity contribution in [1.29, 1.82) is 0 Å². The first-order valence-corrected chi connectivity index (χ1v) is 6.22. The molecular weight excluding hydrogens is 248 g/mol. The van der Waals surface area contributed by atoms with Crippen LogP contribution in [0.1, 0.15) is 28.4 Å². The van der Waals surface area contributed by atoms with Gasteiger partial charge in [0.15, 0.2) is 0 Å². The number of hydrogen-bond donors (Lipinski definition) is 1. The summed E-state index contributed by atoms with van der Waals surface area (Å²) in [5, 5.41) is 4.94. The smallest absolute Gasteiger partial charge is 0.130 e. The van der Waals surface area contributed by atoms with Gasteiger partial charge >= 0.3 is 0 Å². The van der Waals surface area contributed by atoms with Crippen LogP contribution in [0.25, 0.3) is 0 Å². The zero-order chi connectivity index (χ0) is 13.3. The van der Waals surface area contributed by atoms with E-state index < -0.39 is 0 Å². The third-order valence-electron chi connectivity index (χ3n) is 3.02. The van der Waals surface area contributed by atoms with Crippen molar-refractivity contribution in [3.63, 3.8) is 0 Å². The second-order valence-electron chi connectivity index (χ2n) is 4.58. The Labute approximate surface area is 112 Å². The molecule has 2 rings (SSSR count). The van der Waals surface area contributed by atoms with Gasteiger partial charge in [0.05, 0.1) is 5.69 Å². The molecule has 0 saturated carbocycles. The highest BCUT2D eigenvalue weighted by Crippen LogP contribution is 2.24. The molecule has 0 aliphatic carbocycles. The summed E-state index contributed by atoms with van der Waals surface area (Å²) >= 11 is 6.21. The maximum atomic E-state index is 6.21. The summed E-state index contributed by atoms with van der Waals surface area (Å²) in [5.41, 5.74) is 10.3. The van der Waals surface area contributed by atoms with Crippen LogP contribution < -0.4 is 5.73 Å². The summed E-state index contributed by atoms with van der Waals surface area (Å²) in [4.78, 5) is 4.16. The summed E-state index contributed by atoms with van der Waals surface area (Å²) in [7, 11) is 1.83.